The predicted octanol–water partition coefficient (Wildman–Crippen LogP) is 2.80. The van der Waals surface area contributed by atoms with Gasteiger partial charge in [-0.25, -0.2) is 0 Å². The minimum atomic E-state index is 0.0308. The lowest BCUT2D eigenvalue weighted by Gasteiger charge is -2.08. The molecule has 0 saturated heterocycles. The Hall–Kier alpha value is -1.48. The minimum absolute atomic E-state index is 0.0308. The van der Waals surface area contributed by atoms with Crippen LogP contribution in [0.4, 0.5) is 0 Å². The maximum Gasteiger partial charge on any atom is 0.119 e. The van der Waals surface area contributed by atoms with Gasteiger partial charge in [0.15, 0.2) is 0 Å². The van der Waals surface area contributed by atoms with Crippen LogP contribution in [-0.2, 0) is 13.7 Å². The molecule has 0 radical (unpaired) electrons. The van der Waals surface area contributed by atoms with Crippen LogP contribution in [0.25, 0.3) is 10.9 Å². The molecule has 3 heteroatoms. The molecule has 0 fully saturated rings. The van der Waals surface area contributed by atoms with E-state index in [0.29, 0.717) is 5.92 Å². The van der Waals surface area contributed by atoms with Gasteiger partial charge in [-0.2, -0.15) is 0 Å². The van der Waals surface area contributed by atoms with Crippen LogP contribution in [0.1, 0.15) is 30.9 Å². The van der Waals surface area contributed by atoms with E-state index >= 15 is 0 Å². The van der Waals surface area contributed by atoms with E-state index in [0.717, 1.165) is 16.8 Å². The Morgan fingerprint density at radius 3 is 2.59 bits per heavy atom. The van der Waals surface area contributed by atoms with Crippen LogP contribution in [0.2, 0.25) is 0 Å². The molecule has 1 heterocycles. The molecule has 0 bridgehead atoms. The molecule has 3 nitrogen and oxygen atoms in total. The van der Waals surface area contributed by atoms with E-state index < -0.39 is 0 Å². The molecule has 92 valence electrons. The average molecular weight is 233 g/mol. The number of rotatable bonds is 3. The largest absolute Gasteiger partial charge is 0.497 e. The summed E-state index contributed by atoms with van der Waals surface area (Å²) in [6.07, 6.45) is 2.13. The molecule has 17 heavy (non-hydrogen) atoms. The van der Waals surface area contributed by atoms with Crippen LogP contribution in [0.3, 0.4) is 0 Å². The van der Waals surface area contributed by atoms with E-state index in [1.165, 1.54) is 10.9 Å². The van der Waals surface area contributed by atoms with E-state index in [2.05, 4.69) is 24.6 Å². The standard InChI is InChI=1S/C14H19NO2/c1-9(2)13-7-15(3)14-10(8-16)5-11(17-4)6-12(13)14/h5-7,9,16H,8H2,1-4H3. The number of aliphatic hydroxyl groups excluding tert-OH is 1. The van der Waals surface area contributed by atoms with Crippen molar-refractivity contribution in [3.8, 4) is 5.75 Å². The molecule has 0 aliphatic rings. The van der Waals surface area contributed by atoms with Crippen LogP contribution in [0.15, 0.2) is 18.3 Å². The van der Waals surface area contributed by atoms with Gasteiger partial charge >= 0.3 is 0 Å². The third-order valence-corrected chi connectivity index (χ3v) is 3.19. The fourth-order valence-electron chi connectivity index (χ4n) is 2.34. The summed E-state index contributed by atoms with van der Waals surface area (Å²) in [6, 6.07) is 3.94. The molecule has 0 spiro atoms. The zero-order valence-electron chi connectivity index (χ0n) is 10.8. The molecule has 0 aliphatic heterocycles. The van der Waals surface area contributed by atoms with E-state index in [1.807, 2.05) is 19.2 Å². The van der Waals surface area contributed by atoms with Crippen molar-refractivity contribution in [3.63, 3.8) is 0 Å². The van der Waals surface area contributed by atoms with Crippen LogP contribution in [0, 0.1) is 0 Å². The topological polar surface area (TPSA) is 34.4 Å². The molecule has 0 unspecified atom stereocenters. The Balaban J connectivity index is 2.81. The second-order valence-corrected chi connectivity index (χ2v) is 4.69. The van der Waals surface area contributed by atoms with E-state index in [1.54, 1.807) is 7.11 Å². The maximum absolute atomic E-state index is 9.46. The summed E-state index contributed by atoms with van der Waals surface area (Å²) in [6.45, 7) is 4.38. The lowest BCUT2D eigenvalue weighted by molar-refractivity contribution is 0.282. The van der Waals surface area contributed by atoms with Crippen molar-refractivity contribution in [2.75, 3.05) is 7.11 Å². The smallest absolute Gasteiger partial charge is 0.119 e. The highest BCUT2D eigenvalue weighted by molar-refractivity contribution is 5.88. The number of hydrogen-bond donors (Lipinski definition) is 1. The van der Waals surface area contributed by atoms with Gasteiger partial charge in [0.05, 0.1) is 19.2 Å². The van der Waals surface area contributed by atoms with Gasteiger partial charge in [0, 0.05) is 24.2 Å². The van der Waals surface area contributed by atoms with Gasteiger partial charge in [-0.1, -0.05) is 13.8 Å². The molecule has 2 aromatic rings. The van der Waals surface area contributed by atoms with Crippen molar-refractivity contribution >= 4 is 10.9 Å². The van der Waals surface area contributed by atoms with Crippen molar-refractivity contribution in [3.05, 3.63) is 29.5 Å². The highest BCUT2D eigenvalue weighted by Crippen LogP contribution is 2.32. The number of aryl methyl sites for hydroxylation is 1. The van der Waals surface area contributed by atoms with Crippen molar-refractivity contribution in [1.82, 2.24) is 4.57 Å². The fourth-order valence-corrected chi connectivity index (χ4v) is 2.34. The molecular weight excluding hydrogens is 214 g/mol. The number of aromatic nitrogens is 1. The Bertz CT molecular complexity index is 541. The van der Waals surface area contributed by atoms with Gasteiger partial charge in [0.2, 0.25) is 0 Å². The predicted molar refractivity (Wildman–Crippen MR) is 69.5 cm³/mol. The summed E-state index contributed by atoms with van der Waals surface area (Å²) >= 11 is 0. The second-order valence-electron chi connectivity index (χ2n) is 4.69. The summed E-state index contributed by atoms with van der Waals surface area (Å²) < 4.78 is 7.37. The van der Waals surface area contributed by atoms with E-state index in [4.69, 9.17) is 4.74 Å². The molecule has 2 rings (SSSR count). The number of fused-ring (bicyclic) bond motifs is 1. The van der Waals surface area contributed by atoms with Crippen molar-refractivity contribution in [2.24, 2.45) is 7.05 Å². The van der Waals surface area contributed by atoms with Crippen molar-refractivity contribution in [1.29, 1.82) is 0 Å². The monoisotopic (exact) mass is 233 g/mol. The Kier molecular flexibility index (Phi) is 3.11. The maximum atomic E-state index is 9.46. The highest BCUT2D eigenvalue weighted by atomic mass is 16.5. The minimum Gasteiger partial charge on any atom is -0.497 e. The SMILES string of the molecule is COc1cc(CO)c2c(c1)c(C(C)C)cn2C. The Morgan fingerprint density at radius 2 is 2.06 bits per heavy atom. The molecule has 0 saturated carbocycles. The normalized spacial score (nSPS) is 11.4. The third kappa shape index (κ3) is 1.91. The third-order valence-electron chi connectivity index (χ3n) is 3.19. The van der Waals surface area contributed by atoms with Gasteiger partial charge < -0.3 is 14.4 Å². The Morgan fingerprint density at radius 1 is 1.35 bits per heavy atom. The molecule has 0 aliphatic carbocycles. The molecule has 1 aromatic heterocycles. The molecule has 1 aromatic carbocycles. The molecule has 0 atom stereocenters. The van der Waals surface area contributed by atoms with Gasteiger partial charge in [0.25, 0.3) is 0 Å². The fraction of sp³-hybridized carbons (Fsp3) is 0.429. The van der Waals surface area contributed by atoms with Crippen molar-refractivity contribution < 1.29 is 9.84 Å². The van der Waals surface area contributed by atoms with Crippen LogP contribution >= 0.6 is 0 Å². The highest BCUT2D eigenvalue weighted by Gasteiger charge is 2.14. The first-order chi connectivity index (χ1) is 8.08. The lowest BCUT2D eigenvalue weighted by Crippen LogP contribution is -1.93. The molecule has 1 N–H and O–H groups in total. The van der Waals surface area contributed by atoms with Gasteiger partial charge in [-0.15, -0.1) is 0 Å². The number of benzene rings is 1. The molecular formula is C14H19NO2. The summed E-state index contributed by atoms with van der Waals surface area (Å²) in [5, 5.41) is 10.6. The van der Waals surface area contributed by atoms with Gasteiger partial charge in [-0.3, -0.25) is 0 Å². The first-order valence-electron chi connectivity index (χ1n) is 5.85. The van der Waals surface area contributed by atoms with E-state index in [9.17, 15) is 5.11 Å². The number of ether oxygens (including phenoxy) is 1. The number of nitrogens with zero attached hydrogens (tertiary/aromatic N) is 1. The van der Waals surface area contributed by atoms with Crippen LogP contribution in [0.5, 0.6) is 5.75 Å². The number of hydrogen-bond acceptors (Lipinski definition) is 2. The van der Waals surface area contributed by atoms with Crippen molar-refractivity contribution in [2.45, 2.75) is 26.4 Å². The van der Waals surface area contributed by atoms with Gasteiger partial charge in [-0.05, 0) is 23.6 Å². The summed E-state index contributed by atoms with van der Waals surface area (Å²) in [5.74, 6) is 1.26. The summed E-state index contributed by atoms with van der Waals surface area (Å²) in [4.78, 5) is 0. The first kappa shape index (κ1) is 12.0. The summed E-state index contributed by atoms with van der Waals surface area (Å²) in [7, 11) is 3.67. The second kappa shape index (κ2) is 4.41. The summed E-state index contributed by atoms with van der Waals surface area (Å²) in [5.41, 5.74) is 3.29. The lowest BCUT2D eigenvalue weighted by atomic mass is 10.0. The number of methoxy groups -OCH3 is 1. The van der Waals surface area contributed by atoms with Crippen LogP contribution < -0.4 is 4.74 Å². The average Bonchev–Trinajstić information content (AvgIpc) is 2.66. The zero-order valence-corrected chi connectivity index (χ0v) is 10.8. The number of aliphatic hydroxyl groups is 1. The molecule has 0 amide bonds. The Labute approximate surface area is 102 Å². The van der Waals surface area contributed by atoms with Gasteiger partial charge in [0.1, 0.15) is 5.75 Å². The first-order valence-corrected chi connectivity index (χ1v) is 5.85. The van der Waals surface area contributed by atoms with E-state index in [-0.39, 0.29) is 6.61 Å². The quantitative estimate of drug-likeness (QED) is 0.884. The van der Waals surface area contributed by atoms with Crippen LogP contribution in [-0.4, -0.2) is 16.8 Å². The zero-order chi connectivity index (χ0) is 12.6.